The number of amides is 2. The fraction of sp³-hybridized carbons (Fsp3) is 0.0769. The van der Waals surface area contributed by atoms with Gasteiger partial charge in [0.25, 0.3) is 5.91 Å². The Kier molecular flexibility index (Phi) is 7.33. The van der Waals surface area contributed by atoms with Crippen LogP contribution in [0.25, 0.3) is 10.8 Å². The van der Waals surface area contributed by atoms with E-state index < -0.39 is 17.6 Å². The molecule has 0 aromatic heterocycles. The normalized spacial score (nSPS) is 11.3. The largest absolute Gasteiger partial charge is 0.418 e. The lowest BCUT2D eigenvalue weighted by atomic mass is 10.1. The third-order valence-corrected chi connectivity index (χ3v) is 6.26. The van der Waals surface area contributed by atoms with E-state index in [2.05, 4.69) is 10.6 Å². The molecular weight excluding hydrogens is 497 g/mol. The number of fused-ring (bicyclic) bond motifs is 1. The van der Waals surface area contributed by atoms with Gasteiger partial charge in [-0.05, 0) is 59.3 Å². The van der Waals surface area contributed by atoms with Crippen LogP contribution >= 0.6 is 23.4 Å². The van der Waals surface area contributed by atoms with Crippen LogP contribution in [-0.2, 0) is 11.0 Å². The van der Waals surface area contributed by atoms with Crippen LogP contribution in [0.4, 0.5) is 24.5 Å². The summed E-state index contributed by atoms with van der Waals surface area (Å²) in [5.41, 5.74) is -0.333. The van der Waals surface area contributed by atoms with Crippen molar-refractivity contribution in [3.8, 4) is 0 Å². The Balaban J connectivity index is 1.39. The summed E-state index contributed by atoms with van der Waals surface area (Å²) in [5, 5.41) is 7.02. The number of hydrogen-bond acceptors (Lipinski definition) is 3. The van der Waals surface area contributed by atoms with Crippen LogP contribution in [0.3, 0.4) is 0 Å². The Morgan fingerprint density at radius 3 is 2.37 bits per heavy atom. The summed E-state index contributed by atoms with van der Waals surface area (Å²) in [4.78, 5) is 25.7. The van der Waals surface area contributed by atoms with Crippen molar-refractivity contribution in [1.82, 2.24) is 0 Å². The molecule has 4 aromatic rings. The summed E-state index contributed by atoms with van der Waals surface area (Å²) in [6, 6.07) is 23.2. The van der Waals surface area contributed by atoms with Crippen molar-refractivity contribution in [1.29, 1.82) is 0 Å². The minimum Gasteiger partial charge on any atom is -0.325 e. The van der Waals surface area contributed by atoms with Crippen molar-refractivity contribution in [2.24, 2.45) is 0 Å². The molecule has 2 amide bonds. The molecule has 0 radical (unpaired) electrons. The molecule has 9 heteroatoms. The van der Waals surface area contributed by atoms with Crippen molar-refractivity contribution in [2.75, 3.05) is 16.4 Å². The van der Waals surface area contributed by atoms with E-state index in [1.54, 1.807) is 36.4 Å². The highest BCUT2D eigenvalue weighted by Gasteiger charge is 2.34. The second kappa shape index (κ2) is 10.4. The molecule has 4 rings (SSSR count). The number of alkyl halides is 3. The lowest BCUT2D eigenvalue weighted by Crippen LogP contribution is -2.18. The lowest BCUT2D eigenvalue weighted by Gasteiger charge is -2.14. The van der Waals surface area contributed by atoms with Gasteiger partial charge in [0.1, 0.15) is 0 Å². The number of rotatable bonds is 6. The lowest BCUT2D eigenvalue weighted by molar-refractivity contribution is -0.137. The molecule has 0 saturated carbocycles. The van der Waals surface area contributed by atoms with Crippen LogP contribution in [0.15, 0.2) is 89.8 Å². The van der Waals surface area contributed by atoms with Crippen LogP contribution in [0, 0.1) is 0 Å². The number of thioether (sulfide) groups is 1. The first kappa shape index (κ1) is 24.6. The van der Waals surface area contributed by atoms with Crippen LogP contribution in [0.2, 0.25) is 5.02 Å². The van der Waals surface area contributed by atoms with Crippen LogP contribution in [0.1, 0.15) is 15.9 Å². The van der Waals surface area contributed by atoms with Gasteiger partial charge >= 0.3 is 6.18 Å². The van der Waals surface area contributed by atoms with Crippen molar-refractivity contribution in [3.05, 3.63) is 101 Å². The fourth-order valence-electron chi connectivity index (χ4n) is 3.39. The second-order valence-corrected chi connectivity index (χ2v) is 9.05. The summed E-state index contributed by atoms with van der Waals surface area (Å²) in [6.07, 6.45) is -4.65. The highest BCUT2D eigenvalue weighted by Crippen LogP contribution is 2.36. The van der Waals surface area contributed by atoms with Gasteiger partial charge in [-0.3, -0.25) is 9.59 Å². The number of anilines is 2. The molecule has 35 heavy (non-hydrogen) atoms. The Hall–Kier alpha value is -3.49. The SMILES string of the molecule is O=C(CSc1cccc(NC(=O)c2ccc3ccccc3c2)c1)Nc1ccc(Cl)cc1C(F)(F)F. The number of nitrogens with one attached hydrogen (secondary N) is 2. The number of carbonyl (C=O) groups excluding carboxylic acids is 2. The topological polar surface area (TPSA) is 58.2 Å². The Morgan fingerprint density at radius 1 is 0.829 bits per heavy atom. The van der Waals surface area contributed by atoms with E-state index in [0.717, 1.165) is 34.7 Å². The van der Waals surface area contributed by atoms with E-state index in [0.29, 0.717) is 16.1 Å². The molecule has 0 atom stereocenters. The number of carbonyl (C=O) groups is 2. The number of benzene rings is 4. The summed E-state index contributed by atoms with van der Waals surface area (Å²) < 4.78 is 39.7. The molecule has 4 nitrogen and oxygen atoms in total. The maximum absolute atomic E-state index is 13.2. The van der Waals surface area contributed by atoms with Crippen molar-refractivity contribution in [2.45, 2.75) is 11.1 Å². The van der Waals surface area contributed by atoms with Gasteiger partial charge in [0.15, 0.2) is 0 Å². The zero-order valence-electron chi connectivity index (χ0n) is 18.0. The van der Waals surface area contributed by atoms with Gasteiger partial charge < -0.3 is 10.6 Å². The Bertz CT molecular complexity index is 1410. The molecule has 0 unspecified atom stereocenters. The van der Waals surface area contributed by atoms with Gasteiger partial charge in [0.2, 0.25) is 5.91 Å². The van der Waals surface area contributed by atoms with Crippen LogP contribution < -0.4 is 10.6 Å². The van der Waals surface area contributed by atoms with E-state index in [1.165, 1.54) is 6.07 Å². The smallest absolute Gasteiger partial charge is 0.325 e. The highest BCUT2D eigenvalue weighted by atomic mass is 35.5. The standard InChI is InChI=1S/C26H18ClF3N2O2S/c27-19-10-11-23(22(13-19)26(28,29)30)32-24(33)15-35-21-7-3-6-20(14-21)31-25(34)18-9-8-16-4-1-2-5-17(16)12-18/h1-14H,15H2,(H,31,34)(H,32,33). The molecule has 4 aromatic carbocycles. The van der Waals surface area contributed by atoms with E-state index in [4.69, 9.17) is 11.6 Å². The highest BCUT2D eigenvalue weighted by molar-refractivity contribution is 8.00. The van der Waals surface area contributed by atoms with Crippen LogP contribution in [-0.4, -0.2) is 17.6 Å². The van der Waals surface area contributed by atoms with Crippen molar-refractivity contribution < 1.29 is 22.8 Å². The van der Waals surface area contributed by atoms with Crippen molar-refractivity contribution in [3.63, 3.8) is 0 Å². The molecule has 0 heterocycles. The third-order valence-electron chi connectivity index (χ3n) is 5.03. The first-order chi connectivity index (χ1) is 16.7. The molecule has 0 fully saturated rings. The van der Waals surface area contributed by atoms with Gasteiger partial charge in [-0.1, -0.05) is 48.0 Å². The molecule has 178 valence electrons. The maximum atomic E-state index is 13.2. The summed E-state index contributed by atoms with van der Waals surface area (Å²) in [5.74, 6) is -1.01. The predicted octanol–water partition coefficient (Wildman–Crippen LogP) is 7.50. The maximum Gasteiger partial charge on any atom is 0.418 e. The third kappa shape index (κ3) is 6.35. The summed E-state index contributed by atoms with van der Waals surface area (Å²) >= 11 is 6.80. The van der Waals surface area contributed by atoms with E-state index in [-0.39, 0.29) is 22.4 Å². The minimum absolute atomic E-state index is 0.0766. The molecular formula is C26H18ClF3N2O2S. The predicted molar refractivity (Wildman–Crippen MR) is 134 cm³/mol. The molecule has 0 aliphatic rings. The van der Waals surface area contributed by atoms with Crippen LogP contribution in [0.5, 0.6) is 0 Å². The molecule has 0 aliphatic heterocycles. The zero-order valence-corrected chi connectivity index (χ0v) is 19.6. The van der Waals surface area contributed by atoms with E-state index >= 15 is 0 Å². The number of halogens is 4. The molecule has 0 bridgehead atoms. The zero-order chi connectivity index (χ0) is 25.0. The number of hydrogen-bond donors (Lipinski definition) is 2. The Morgan fingerprint density at radius 2 is 1.60 bits per heavy atom. The quantitative estimate of drug-likeness (QED) is 0.262. The second-order valence-electron chi connectivity index (χ2n) is 7.57. The minimum atomic E-state index is -4.65. The molecule has 0 spiro atoms. The van der Waals surface area contributed by atoms with Gasteiger partial charge in [0, 0.05) is 21.2 Å². The first-order valence-electron chi connectivity index (χ1n) is 10.4. The van der Waals surface area contributed by atoms with Crippen molar-refractivity contribution >= 4 is 57.3 Å². The molecule has 2 N–H and O–H groups in total. The van der Waals surface area contributed by atoms with E-state index in [1.807, 2.05) is 30.3 Å². The Labute approximate surface area is 208 Å². The first-order valence-corrected chi connectivity index (χ1v) is 11.7. The van der Waals surface area contributed by atoms with Gasteiger partial charge in [-0.25, -0.2) is 0 Å². The summed E-state index contributed by atoms with van der Waals surface area (Å²) in [6.45, 7) is 0. The molecule has 0 aliphatic carbocycles. The van der Waals surface area contributed by atoms with Gasteiger partial charge in [-0.2, -0.15) is 13.2 Å². The van der Waals surface area contributed by atoms with Gasteiger partial charge in [0.05, 0.1) is 17.0 Å². The summed E-state index contributed by atoms with van der Waals surface area (Å²) in [7, 11) is 0. The fourth-order valence-corrected chi connectivity index (χ4v) is 4.32. The van der Waals surface area contributed by atoms with E-state index in [9.17, 15) is 22.8 Å². The average Bonchev–Trinajstić information content (AvgIpc) is 2.83. The van der Waals surface area contributed by atoms with Gasteiger partial charge in [-0.15, -0.1) is 11.8 Å². The molecule has 0 saturated heterocycles. The average molecular weight is 515 g/mol. The monoisotopic (exact) mass is 514 g/mol.